The molecular weight excluding hydrogens is 128 g/mol. The monoisotopic (exact) mass is 142 g/mol. The lowest BCUT2D eigenvalue weighted by molar-refractivity contribution is 0.0730. The fourth-order valence-electron chi connectivity index (χ4n) is 0.631. The van der Waals surface area contributed by atoms with Crippen LogP contribution in [0.1, 0.15) is 6.92 Å². The van der Waals surface area contributed by atoms with Crippen molar-refractivity contribution in [2.75, 3.05) is 0 Å². The highest BCUT2D eigenvalue weighted by molar-refractivity contribution is 4.91. The van der Waals surface area contributed by atoms with Crippen LogP contribution in [-0.4, -0.2) is 22.4 Å². The number of aliphatic hydroxyl groups excluding tert-OH is 2. The molecule has 0 aromatic rings. The van der Waals surface area contributed by atoms with E-state index < -0.39 is 12.2 Å². The van der Waals surface area contributed by atoms with Gasteiger partial charge in [0.1, 0.15) is 0 Å². The molecule has 1 unspecified atom stereocenters. The van der Waals surface area contributed by atoms with Gasteiger partial charge in [-0.3, -0.25) is 0 Å². The van der Waals surface area contributed by atoms with E-state index in [1.165, 1.54) is 12.2 Å². The highest BCUT2D eigenvalue weighted by Gasteiger charge is 2.16. The van der Waals surface area contributed by atoms with Crippen LogP contribution in [0.2, 0.25) is 0 Å². The first kappa shape index (κ1) is 9.40. The van der Waals surface area contributed by atoms with Gasteiger partial charge in [-0.05, 0) is 0 Å². The maximum atomic E-state index is 9.10. The molecule has 58 valence electrons. The van der Waals surface area contributed by atoms with Crippen molar-refractivity contribution in [2.45, 2.75) is 19.1 Å². The van der Waals surface area contributed by atoms with Gasteiger partial charge in [-0.15, -0.1) is 13.2 Å². The summed E-state index contributed by atoms with van der Waals surface area (Å²) >= 11 is 0. The van der Waals surface area contributed by atoms with E-state index in [9.17, 15) is 0 Å². The van der Waals surface area contributed by atoms with Gasteiger partial charge >= 0.3 is 0 Å². The zero-order chi connectivity index (χ0) is 8.15. The number of hydrogen-bond donors (Lipinski definition) is 2. The quantitative estimate of drug-likeness (QED) is 0.568. The lowest BCUT2D eigenvalue weighted by atomic mass is 9.98. The van der Waals surface area contributed by atoms with Gasteiger partial charge in [0.05, 0.1) is 12.2 Å². The van der Waals surface area contributed by atoms with E-state index in [4.69, 9.17) is 10.2 Å². The fourth-order valence-corrected chi connectivity index (χ4v) is 0.631. The Morgan fingerprint density at radius 2 is 1.40 bits per heavy atom. The van der Waals surface area contributed by atoms with Crippen molar-refractivity contribution in [3.63, 3.8) is 0 Å². The Bertz CT molecular complexity index is 106. The van der Waals surface area contributed by atoms with Crippen molar-refractivity contribution in [3.8, 4) is 0 Å². The molecule has 0 rings (SSSR count). The van der Waals surface area contributed by atoms with Gasteiger partial charge in [0.15, 0.2) is 0 Å². The predicted molar refractivity (Wildman–Crippen MR) is 41.6 cm³/mol. The first-order valence-electron chi connectivity index (χ1n) is 3.24. The Labute approximate surface area is 61.5 Å². The summed E-state index contributed by atoms with van der Waals surface area (Å²) in [6, 6.07) is 0. The highest BCUT2D eigenvalue weighted by atomic mass is 16.3. The molecule has 0 aliphatic carbocycles. The maximum Gasteiger partial charge on any atom is 0.0771 e. The summed E-state index contributed by atoms with van der Waals surface area (Å²) in [6.07, 6.45) is 1.48. The molecule has 0 saturated heterocycles. The smallest absolute Gasteiger partial charge is 0.0771 e. The average Bonchev–Trinajstić information content (AvgIpc) is 2.00. The Morgan fingerprint density at radius 1 is 1.10 bits per heavy atom. The van der Waals surface area contributed by atoms with Crippen LogP contribution in [0.3, 0.4) is 0 Å². The SMILES string of the molecule is C=C[C@@H](O)C(C)[C@@H](O)C=C. The average molecular weight is 142 g/mol. The van der Waals surface area contributed by atoms with E-state index >= 15 is 0 Å². The lowest BCUT2D eigenvalue weighted by Gasteiger charge is -2.18. The second kappa shape index (κ2) is 4.25. The molecule has 2 nitrogen and oxygen atoms in total. The summed E-state index contributed by atoms with van der Waals surface area (Å²) in [5.41, 5.74) is 0. The van der Waals surface area contributed by atoms with Crippen LogP contribution in [0, 0.1) is 5.92 Å². The summed E-state index contributed by atoms with van der Waals surface area (Å²) in [5, 5.41) is 18.2. The molecule has 0 saturated carbocycles. The third kappa shape index (κ3) is 2.33. The van der Waals surface area contributed by atoms with Crippen LogP contribution in [-0.2, 0) is 0 Å². The van der Waals surface area contributed by atoms with Gasteiger partial charge in [-0.2, -0.15) is 0 Å². The van der Waals surface area contributed by atoms with Crippen molar-refractivity contribution in [1.29, 1.82) is 0 Å². The fraction of sp³-hybridized carbons (Fsp3) is 0.500. The van der Waals surface area contributed by atoms with Crippen molar-refractivity contribution >= 4 is 0 Å². The lowest BCUT2D eigenvalue weighted by Crippen LogP contribution is -2.25. The predicted octanol–water partition coefficient (Wildman–Crippen LogP) is 0.716. The van der Waals surface area contributed by atoms with Crippen LogP contribution in [0.5, 0.6) is 0 Å². The second-order valence-corrected chi connectivity index (χ2v) is 2.31. The third-order valence-electron chi connectivity index (χ3n) is 1.56. The minimum Gasteiger partial charge on any atom is -0.389 e. The molecule has 2 N–H and O–H groups in total. The third-order valence-corrected chi connectivity index (χ3v) is 1.56. The molecular formula is C8H14O2. The topological polar surface area (TPSA) is 40.5 Å². The van der Waals surface area contributed by atoms with Crippen molar-refractivity contribution in [3.05, 3.63) is 25.3 Å². The molecule has 3 atom stereocenters. The zero-order valence-corrected chi connectivity index (χ0v) is 6.20. The maximum absolute atomic E-state index is 9.10. The normalized spacial score (nSPS) is 19.1. The van der Waals surface area contributed by atoms with Crippen molar-refractivity contribution < 1.29 is 10.2 Å². The van der Waals surface area contributed by atoms with E-state index in [2.05, 4.69) is 13.2 Å². The summed E-state index contributed by atoms with van der Waals surface area (Å²) in [4.78, 5) is 0. The zero-order valence-electron chi connectivity index (χ0n) is 6.20. The first-order valence-corrected chi connectivity index (χ1v) is 3.24. The van der Waals surface area contributed by atoms with E-state index in [1.807, 2.05) is 0 Å². The van der Waals surface area contributed by atoms with Gasteiger partial charge < -0.3 is 10.2 Å². The van der Waals surface area contributed by atoms with Crippen LogP contribution < -0.4 is 0 Å². The Kier molecular flexibility index (Phi) is 4.00. The molecule has 0 bridgehead atoms. The van der Waals surface area contributed by atoms with Gasteiger partial charge in [-0.25, -0.2) is 0 Å². The highest BCUT2D eigenvalue weighted by Crippen LogP contribution is 2.09. The van der Waals surface area contributed by atoms with Crippen LogP contribution in [0.15, 0.2) is 25.3 Å². The molecule has 0 aliphatic heterocycles. The molecule has 0 radical (unpaired) electrons. The van der Waals surface area contributed by atoms with Crippen LogP contribution in [0.4, 0.5) is 0 Å². The van der Waals surface area contributed by atoms with E-state index in [-0.39, 0.29) is 5.92 Å². The molecule has 0 fully saturated rings. The van der Waals surface area contributed by atoms with Crippen LogP contribution in [0.25, 0.3) is 0 Å². The van der Waals surface area contributed by atoms with Crippen molar-refractivity contribution in [1.82, 2.24) is 0 Å². The van der Waals surface area contributed by atoms with Gasteiger partial charge in [0, 0.05) is 5.92 Å². The largest absolute Gasteiger partial charge is 0.389 e. The number of rotatable bonds is 4. The minimum atomic E-state index is -0.659. The summed E-state index contributed by atoms with van der Waals surface area (Å²) < 4.78 is 0. The molecule has 0 spiro atoms. The Morgan fingerprint density at radius 3 is 1.60 bits per heavy atom. The minimum absolute atomic E-state index is 0.227. The van der Waals surface area contributed by atoms with Gasteiger partial charge in [0.2, 0.25) is 0 Å². The summed E-state index contributed by atoms with van der Waals surface area (Å²) in [5.74, 6) is -0.227. The number of aliphatic hydroxyl groups is 2. The molecule has 0 amide bonds. The summed E-state index contributed by atoms with van der Waals surface area (Å²) in [6.45, 7) is 8.54. The first-order chi connectivity index (χ1) is 4.63. The van der Waals surface area contributed by atoms with Gasteiger partial charge in [-0.1, -0.05) is 19.1 Å². The standard InChI is InChI=1S/C8H14O2/c1-4-7(9)6(3)8(10)5-2/h4-10H,1-2H2,3H3/t6?,7-,8+. The van der Waals surface area contributed by atoms with E-state index in [0.717, 1.165) is 0 Å². The van der Waals surface area contributed by atoms with Gasteiger partial charge in [0.25, 0.3) is 0 Å². The molecule has 0 aliphatic rings. The van der Waals surface area contributed by atoms with E-state index in [0.29, 0.717) is 0 Å². The Hall–Kier alpha value is -0.600. The molecule has 0 aromatic heterocycles. The van der Waals surface area contributed by atoms with E-state index in [1.54, 1.807) is 6.92 Å². The van der Waals surface area contributed by atoms with Crippen molar-refractivity contribution in [2.24, 2.45) is 5.92 Å². The molecule has 10 heavy (non-hydrogen) atoms. The summed E-state index contributed by atoms with van der Waals surface area (Å²) in [7, 11) is 0. The molecule has 2 heteroatoms. The molecule has 0 heterocycles. The van der Waals surface area contributed by atoms with Crippen LogP contribution >= 0.6 is 0 Å². The Balaban J connectivity index is 3.91. The second-order valence-electron chi connectivity index (χ2n) is 2.31. The molecule has 0 aromatic carbocycles. The number of hydrogen-bond acceptors (Lipinski definition) is 2.